The maximum Gasteiger partial charge on any atom is 0.290 e. The fourth-order valence-electron chi connectivity index (χ4n) is 4.93. The van der Waals surface area contributed by atoms with Crippen molar-refractivity contribution in [2.24, 2.45) is 0 Å². The molecule has 42 heavy (non-hydrogen) atoms. The molecule has 0 aliphatic heterocycles. The summed E-state index contributed by atoms with van der Waals surface area (Å²) in [6.45, 7) is 2.72. The number of hydrogen-bond donors (Lipinski definition) is 5. The summed E-state index contributed by atoms with van der Waals surface area (Å²) in [5, 5.41) is 38.3. The maximum atomic E-state index is 10.7. The maximum absolute atomic E-state index is 10.7. The summed E-state index contributed by atoms with van der Waals surface area (Å²) in [4.78, 5) is 19.0. The van der Waals surface area contributed by atoms with Gasteiger partial charge in [-0.15, -0.1) is 0 Å². The number of aliphatic hydroxyl groups is 2. The van der Waals surface area contributed by atoms with E-state index in [1.807, 2.05) is 7.05 Å². The van der Waals surface area contributed by atoms with Gasteiger partial charge in [-0.1, -0.05) is 99.2 Å². The minimum absolute atomic E-state index is 0.250. The highest BCUT2D eigenvalue weighted by atomic mass is 16.3. The molecule has 238 valence electrons. The second-order valence-corrected chi connectivity index (χ2v) is 10.6. The summed E-state index contributed by atoms with van der Waals surface area (Å²) in [6.07, 6.45) is 13.8. The predicted molar refractivity (Wildman–Crippen MR) is 171 cm³/mol. The van der Waals surface area contributed by atoms with Crippen molar-refractivity contribution in [1.29, 1.82) is 0 Å². The van der Waals surface area contributed by atoms with Crippen LogP contribution < -0.4 is 5.32 Å². The molecule has 0 aliphatic carbocycles. The van der Waals surface area contributed by atoms with Gasteiger partial charge in [-0.2, -0.15) is 0 Å². The van der Waals surface area contributed by atoms with Gasteiger partial charge in [0.2, 0.25) is 0 Å². The standard InChI is InChI=1S/C32H52N2O2.2CH2O2/c1-33-25-16-26-34(27-31(35)23-14-4-2-8-17-29-19-10-6-11-20-29)28-32(36)24-15-5-3-9-18-30-21-12-7-13-22-30;2*2-1-3/h6-7,10-13,19-22,31-33,35-36H,2-5,8-9,14-18,23-28H2,1H3;2*1H,(H,2,3). The van der Waals surface area contributed by atoms with E-state index in [-0.39, 0.29) is 25.2 Å². The monoisotopic (exact) mass is 588 g/mol. The number of aliphatic hydroxyl groups excluding tert-OH is 2. The molecule has 2 aromatic rings. The Morgan fingerprint density at radius 3 is 1.40 bits per heavy atom. The third-order valence-electron chi connectivity index (χ3n) is 7.03. The van der Waals surface area contributed by atoms with Gasteiger partial charge < -0.3 is 25.7 Å². The highest BCUT2D eigenvalue weighted by molar-refractivity contribution is 5.33. The lowest BCUT2D eigenvalue weighted by atomic mass is 10.0. The summed E-state index contributed by atoms with van der Waals surface area (Å²) in [5.41, 5.74) is 2.83. The van der Waals surface area contributed by atoms with Crippen molar-refractivity contribution in [1.82, 2.24) is 10.2 Å². The van der Waals surface area contributed by atoms with Gasteiger partial charge in [-0.05, 0) is 76.2 Å². The predicted octanol–water partition coefficient (Wildman–Crippen LogP) is 5.41. The Morgan fingerprint density at radius 2 is 1.02 bits per heavy atom. The first-order valence-corrected chi connectivity index (χ1v) is 15.5. The molecule has 0 saturated carbocycles. The first kappa shape index (κ1) is 39.2. The molecule has 2 rings (SSSR count). The van der Waals surface area contributed by atoms with E-state index in [2.05, 4.69) is 70.9 Å². The molecule has 0 radical (unpaired) electrons. The van der Waals surface area contributed by atoms with Crippen molar-refractivity contribution < 1.29 is 30.0 Å². The van der Waals surface area contributed by atoms with Gasteiger partial charge in [0.15, 0.2) is 0 Å². The minimum atomic E-state index is -0.307. The zero-order valence-electron chi connectivity index (χ0n) is 25.7. The fraction of sp³-hybridized carbons (Fsp3) is 0.588. The molecule has 8 nitrogen and oxygen atoms in total. The van der Waals surface area contributed by atoms with E-state index in [0.717, 1.165) is 58.0 Å². The molecule has 0 spiro atoms. The molecule has 2 aromatic carbocycles. The first-order chi connectivity index (χ1) is 20.5. The number of hydrogen-bond acceptors (Lipinski definition) is 6. The number of nitrogens with zero attached hydrogens (tertiary/aromatic N) is 1. The number of rotatable bonds is 22. The summed E-state index contributed by atoms with van der Waals surface area (Å²) in [6, 6.07) is 21.4. The van der Waals surface area contributed by atoms with E-state index in [0.29, 0.717) is 13.1 Å². The Hall–Kier alpha value is -2.78. The number of carbonyl (C=O) groups is 2. The topological polar surface area (TPSA) is 130 Å². The zero-order chi connectivity index (χ0) is 31.1. The van der Waals surface area contributed by atoms with E-state index < -0.39 is 0 Å². The molecular formula is C34H56N2O6. The third-order valence-corrected chi connectivity index (χ3v) is 7.03. The Bertz CT molecular complexity index is 775. The molecule has 2 atom stereocenters. The van der Waals surface area contributed by atoms with Crippen molar-refractivity contribution in [3.63, 3.8) is 0 Å². The second-order valence-electron chi connectivity index (χ2n) is 10.6. The Kier molecular flexibility index (Phi) is 27.7. The minimum Gasteiger partial charge on any atom is -0.483 e. The smallest absolute Gasteiger partial charge is 0.290 e. The lowest BCUT2D eigenvalue weighted by Gasteiger charge is -2.27. The summed E-state index contributed by atoms with van der Waals surface area (Å²) in [7, 11) is 1.98. The molecule has 2 unspecified atom stereocenters. The van der Waals surface area contributed by atoms with Crippen molar-refractivity contribution in [2.45, 2.75) is 95.7 Å². The molecule has 0 fully saturated rings. The van der Waals surface area contributed by atoms with Crippen LogP contribution in [0.5, 0.6) is 0 Å². The first-order valence-electron chi connectivity index (χ1n) is 15.5. The molecule has 0 heterocycles. The van der Waals surface area contributed by atoms with Crippen LogP contribution >= 0.6 is 0 Å². The molecule has 0 saturated heterocycles. The highest BCUT2D eigenvalue weighted by Gasteiger charge is 2.15. The van der Waals surface area contributed by atoms with Crippen molar-refractivity contribution in [3.05, 3.63) is 71.8 Å². The molecule has 8 heteroatoms. The van der Waals surface area contributed by atoms with Gasteiger partial charge in [0.05, 0.1) is 12.2 Å². The molecule has 5 N–H and O–H groups in total. The Labute approximate surface area is 253 Å². The van der Waals surface area contributed by atoms with Crippen molar-refractivity contribution >= 4 is 12.9 Å². The van der Waals surface area contributed by atoms with Gasteiger partial charge in [0.25, 0.3) is 12.9 Å². The molecule has 0 bridgehead atoms. The Morgan fingerprint density at radius 1 is 0.643 bits per heavy atom. The van der Waals surface area contributed by atoms with Crippen LogP contribution in [0.15, 0.2) is 60.7 Å². The average molecular weight is 589 g/mol. The van der Waals surface area contributed by atoms with Gasteiger partial charge in [0.1, 0.15) is 0 Å². The van der Waals surface area contributed by atoms with Gasteiger partial charge >= 0.3 is 0 Å². The van der Waals surface area contributed by atoms with Gasteiger partial charge in [-0.25, -0.2) is 0 Å². The van der Waals surface area contributed by atoms with E-state index in [1.54, 1.807) is 0 Å². The van der Waals surface area contributed by atoms with Crippen LogP contribution in [-0.4, -0.2) is 83.7 Å². The van der Waals surface area contributed by atoms with E-state index >= 15 is 0 Å². The Balaban J connectivity index is 0.00000257. The number of unbranched alkanes of at least 4 members (excludes halogenated alkanes) is 6. The normalized spacial score (nSPS) is 11.9. The van der Waals surface area contributed by atoms with Crippen LogP contribution in [0.2, 0.25) is 0 Å². The highest BCUT2D eigenvalue weighted by Crippen LogP contribution is 2.13. The van der Waals surface area contributed by atoms with E-state index in [1.165, 1.54) is 49.7 Å². The molecule has 0 amide bonds. The molecular weight excluding hydrogens is 532 g/mol. The van der Waals surface area contributed by atoms with Crippen LogP contribution in [0.3, 0.4) is 0 Å². The SMILES string of the molecule is CNCCCN(CC(O)CCCCCCc1ccccc1)CC(O)CCCCCCc1ccccc1.O=CO.O=CO. The summed E-state index contributed by atoms with van der Waals surface area (Å²) < 4.78 is 0. The van der Waals surface area contributed by atoms with Crippen LogP contribution in [0, 0.1) is 0 Å². The quantitative estimate of drug-likeness (QED) is 0.0912. The number of aryl methyl sites for hydroxylation is 2. The fourth-order valence-corrected chi connectivity index (χ4v) is 4.93. The van der Waals surface area contributed by atoms with Crippen LogP contribution in [0.1, 0.15) is 81.8 Å². The van der Waals surface area contributed by atoms with Gasteiger partial charge in [-0.3, -0.25) is 14.5 Å². The average Bonchev–Trinajstić information content (AvgIpc) is 2.98. The third kappa shape index (κ3) is 25.0. The zero-order valence-corrected chi connectivity index (χ0v) is 25.7. The molecule has 0 aliphatic rings. The van der Waals surface area contributed by atoms with Crippen molar-refractivity contribution in [3.8, 4) is 0 Å². The van der Waals surface area contributed by atoms with Crippen LogP contribution in [-0.2, 0) is 22.4 Å². The molecule has 0 aromatic heterocycles. The van der Waals surface area contributed by atoms with E-state index in [9.17, 15) is 10.2 Å². The lowest BCUT2D eigenvalue weighted by Crippen LogP contribution is -2.39. The summed E-state index contributed by atoms with van der Waals surface area (Å²) >= 11 is 0. The lowest BCUT2D eigenvalue weighted by molar-refractivity contribution is -0.123. The van der Waals surface area contributed by atoms with Crippen LogP contribution in [0.4, 0.5) is 0 Å². The van der Waals surface area contributed by atoms with Gasteiger partial charge in [0, 0.05) is 13.1 Å². The van der Waals surface area contributed by atoms with E-state index in [4.69, 9.17) is 19.8 Å². The number of carboxylic acid groups (broad SMARTS) is 2. The second kappa shape index (κ2) is 29.7. The van der Waals surface area contributed by atoms with Crippen molar-refractivity contribution in [2.75, 3.05) is 33.2 Å². The number of nitrogens with one attached hydrogen (secondary N) is 1. The largest absolute Gasteiger partial charge is 0.483 e. The van der Waals surface area contributed by atoms with Crippen LogP contribution in [0.25, 0.3) is 0 Å². The summed E-state index contributed by atoms with van der Waals surface area (Å²) in [5.74, 6) is 0. The number of benzene rings is 2.